The summed E-state index contributed by atoms with van der Waals surface area (Å²) < 4.78 is 10.2. The zero-order valence-electron chi connectivity index (χ0n) is 23.3. The van der Waals surface area contributed by atoms with Crippen LogP contribution in [0.4, 0.5) is 4.79 Å². The van der Waals surface area contributed by atoms with Crippen LogP contribution in [-0.4, -0.2) is 71.3 Å². The Labute approximate surface area is 220 Å². The number of ether oxygens (including phenoxy) is 2. The highest BCUT2D eigenvalue weighted by Crippen LogP contribution is 2.29. The average molecular weight is 522 g/mol. The van der Waals surface area contributed by atoms with E-state index in [0.717, 1.165) is 11.1 Å². The first-order valence-electron chi connectivity index (χ1n) is 12.7. The Morgan fingerprint density at radius 1 is 1.11 bits per heavy atom. The van der Waals surface area contributed by atoms with Gasteiger partial charge in [-0.2, -0.15) is 0 Å². The summed E-state index contributed by atoms with van der Waals surface area (Å²) >= 11 is 0. The van der Waals surface area contributed by atoms with E-state index in [1.165, 1.54) is 4.90 Å². The number of carbonyl (C=O) groups is 4. The lowest BCUT2D eigenvalue weighted by atomic mass is 9.94. The molecule has 3 N–H and O–H groups in total. The van der Waals surface area contributed by atoms with E-state index in [1.807, 2.05) is 39.0 Å². The highest BCUT2D eigenvalue weighted by Gasteiger charge is 2.39. The summed E-state index contributed by atoms with van der Waals surface area (Å²) in [5, 5.41) is 15.2. The smallest absolute Gasteiger partial charge is 0.408 e. The second kappa shape index (κ2) is 14.6. The number of amides is 3. The number of alkyl carbamates (subject to hydrolysis) is 1. The predicted molar refractivity (Wildman–Crippen MR) is 140 cm³/mol. The Morgan fingerprint density at radius 2 is 1.76 bits per heavy atom. The molecule has 0 aromatic heterocycles. The summed E-state index contributed by atoms with van der Waals surface area (Å²) in [7, 11) is 0. The summed E-state index contributed by atoms with van der Waals surface area (Å²) in [6.07, 6.45) is -0.366. The van der Waals surface area contributed by atoms with Gasteiger partial charge in [0.05, 0.1) is 19.6 Å². The van der Waals surface area contributed by atoms with Crippen LogP contribution in [-0.2, 0) is 23.9 Å². The number of aliphatic hydroxyl groups excluding tert-OH is 1. The fraction of sp³-hybridized carbons (Fsp3) is 0.630. The van der Waals surface area contributed by atoms with E-state index < -0.39 is 54.2 Å². The van der Waals surface area contributed by atoms with Gasteiger partial charge in [-0.3, -0.25) is 14.4 Å². The number of nitrogens with zero attached hydrogens (tertiary/aromatic N) is 1. The van der Waals surface area contributed by atoms with E-state index in [2.05, 4.69) is 10.6 Å². The number of aliphatic hydroxyl groups is 1. The van der Waals surface area contributed by atoms with Crippen molar-refractivity contribution < 1.29 is 33.8 Å². The van der Waals surface area contributed by atoms with Gasteiger partial charge < -0.3 is 30.1 Å². The van der Waals surface area contributed by atoms with Gasteiger partial charge in [0, 0.05) is 12.6 Å². The number of aryl methyl sites for hydroxylation is 2. The molecule has 3 amide bonds. The second-order valence-electron chi connectivity index (χ2n) is 9.99. The topological polar surface area (TPSA) is 134 Å². The second-order valence-corrected chi connectivity index (χ2v) is 9.99. The van der Waals surface area contributed by atoms with Gasteiger partial charge in [-0.05, 0) is 66.0 Å². The molecule has 1 aromatic rings. The van der Waals surface area contributed by atoms with Crippen LogP contribution in [0.15, 0.2) is 18.2 Å². The van der Waals surface area contributed by atoms with Crippen molar-refractivity contribution in [3.63, 3.8) is 0 Å². The molecule has 1 aromatic carbocycles. The number of rotatable bonds is 12. The first-order valence-corrected chi connectivity index (χ1v) is 12.7. The molecule has 37 heavy (non-hydrogen) atoms. The molecule has 0 radical (unpaired) electrons. The minimum atomic E-state index is -1.33. The number of hydrogen-bond acceptors (Lipinski definition) is 7. The van der Waals surface area contributed by atoms with Crippen molar-refractivity contribution in [1.29, 1.82) is 0 Å². The normalized spacial score (nSPS) is 13.6. The number of hydrogen-bond donors (Lipinski definition) is 3. The summed E-state index contributed by atoms with van der Waals surface area (Å²) in [5.74, 6) is -1.56. The van der Waals surface area contributed by atoms with Gasteiger partial charge in [-0.25, -0.2) is 4.79 Å². The maximum atomic E-state index is 13.8. The van der Waals surface area contributed by atoms with Crippen LogP contribution in [0, 0.1) is 13.8 Å². The fourth-order valence-electron chi connectivity index (χ4n) is 3.70. The zero-order valence-corrected chi connectivity index (χ0v) is 23.3. The molecule has 0 spiro atoms. The molecule has 10 heteroatoms. The van der Waals surface area contributed by atoms with Gasteiger partial charge in [0.2, 0.25) is 11.8 Å². The van der Waals surface area contributed by atoms with E-state index >= 15 is 0 Å². The lowest BCUT2D eigenvalue weighted by molar-refractivity contribution is -0.146. The van der Waals surface area contributed by atoms with Crippen molar-refractivity contribution in [1.82, 2.24) is 15.5 Å². The Morgan fingerprint density at radius 3 is 2.30 bits per heavy atom. The molecule has 1 rings (SSSR count). The van der Waals surface area contributed by atoms with Crippen LogP contribution in [0.2, 0.25) is 0 Å². The third kappa shape index (κ3) is 10.0. The van der Waals surface area contributed by atoms with Crippen molar-refractivity contribution in [3.05, 3.63) is 34.9 Å². The van der Waals surface area contributed by atoms with Crippen LogP contribution in [0.1, 0.15) is 77.1 Å². The van der Waals surface area contributed by atoms with Crippen LogP contribution in [0.3, 0.4) is 0 Å². The summed E-state index contributed by atoms with van der Waals surface area (Å²) in [6, 6.07) is 2.78. The lowest BCUT2D eigenvalue weighted by Crippen LogP contribution is -2.56. The maximum absolute atomic E-state index is 13.8. The highest BCUT2D eigenvalue weighted by molar-refractivity contribution is 5.92. The van der Waals surface area contributed by atoms with Crippen molar-refractivity contribution in [2.24, 2.45) is 0 Å². The minimum Gasteiger partial charge on any atom is -0.466 e. The van der Waals surface area contributed by atoms with Crippen molar-refractivity contribution in [2.45, 2.75) is 92.0 Å². The maximum Gasteiger partial charge on any atom is 0.408 e. The van der Waals surface area contributed by atoms with Crippen LogP contribution < -0.4 is 10.6 Å². The molecule has 0 saturated carbocycles. The molecule has 208 valence electrons. The third-order valence-corrected chi connectivity index (χ3v) is 5.68. The molecular weight excluding hydrogens is 478 g/mol. The lowest BCUT2D eigenvalue weighted by Gasteiger charge is -2.38. The predicted octanol–water partition coefficient (Wildman–Crippen LogP) is 2.93. The molecule has 3 atom stereocenters. The van der Waals surface area contributed by atoms with Gasteiger partial charge in [0.25, 0.3) is 0 Å². The first-order chi connectivity index (χ1) is 17.2. The van der Waals surface area contributed by atoms with Crippen LogP contribution in [0.5, 0.6) is 0 Å². The van der Waals surface area contributed by atoms with Crippen LogP contribution >= 0.6 is 0 Å². The largest absolute Gasteiger partial charge is 0.466 e. The number of esters is 1. The van der Waals surface area contributed by atoms with Crippen molar-refractivity contribution in [3.8, 4) is 0 Å². The molecule has 0 heterocycles. The molecule has 0 fully saturated rings. The van der Waals surface area contributed by atoms with E-state index in [0.29, 0.717) is 12.0 Å². The monoisotopic (exact) mass is 521 g/mol. The molecule has 0 saturated heterocycles. The Hall–Kier alpha value is -3.14. The van der Waals surface area contributed by atoms with E-state index in [1.54, 1.807) is 34.6 Å². The molecule has 10 nitrogen and oxygen atoms in total. The average Bonchev–Trinajstić information content (AvgIpc) is 2.80. The highest BCUT2D eigenvalue weighted by atomic mass is 16.6. The van der Waals surface area contributed by atoms with E-state index in [-0.39, 0.29) is 19.6 Å². The van der Waals surface area contributed by atoms with Crippen LogP contribution in [0.25, 0.3) is 0 Å². The number of benzene rings is 1. The minimum absolute atomic E-state index is 0.0180. The quantitative estimate of drug-likeness (QED) is 0.360. The van der Waals surface area contributed by atoms with Crippen molar-refractivity contribution >= 4 is 23.9 Å². The molecule has 0 aliphatic carbocycles. The van der Waals surface area contributed by atoms with E-state index in [4.69, 9.17) is 9.47 Å². The standard InChI is InChI=1S/C27H43N3O7/c1-9-19(5)30(25(34)21(16-31)29-26(35)37-27(6,7)8)23(20-15-17(3)11-12-18(20)4)24(33)28-14-13-22(32)36-10-2/h11-12,15,19,21,23,31H,9-10,13-14,16H2,1-8H3,(H,28,33)(H,29,35). The van der Waals surface area contributed by atoms with Crippen molar-refractivity contribution in [2.75, 3.05) is 19.8 Å². The third-order valence-electron chi connectivity index (χ3n) is 5.68. The van der Waals surface area contributed by atoms with Gasteiger partial charge in [-0.1, -0.05) is 30.7 Å². The van der Waals surface area contributed by atoms with E-state index in [9.17, 15) is 24.3 Å². The number of carbonyl (C=O) groups excluding carboxylic acids is 4. The zero-order chi connectivity index (χ0) is 28.3. The summed E-state index contributed by atoms with van der Waals surface area (Å²) in [6.45, 7) is 13.7. The van der Waals surface area contributed by atoms with Gasteiger partial charge in [0.15, 0.2) is 0 Å². The molecular formula is C27H43N3O7. The Kier molecular flexibility index (Phi) is 12.6. The summed E-state index contributed by atoms with van der Waals surface area (Å²) in [4.78, 5) is 52.9. The fourth-order valence-corrected chi connectivity index (χ4v) is 3.70. The SMILES string of the molecule is CCOC(=O)CCNC(=O)C(c1cc(C)ccc1C)N(C(=O)C(CO)NC(=O)OC(C)(C)C)C(C)CC. The van der Waals surface area contributed by atoms with Gasteiger partial charge in [0.1, 0.15) is 17.7 Å². The Balaban J connectivity index is 3.43. The molecule has 0 aliphatic heterocycles. The molecule has 3 unspecified atom stereocenters. The molecule has 0 bridgehead atoms. The molecule has 0 aliphatic rings. The first kappa shape index (κ1) is 31.9. The van der Waals surface area contributed by atoms with Gasteiger partial charge >= 0.3 is 12.1 Å². The summed E-state index contributed by atoms with van der Waals surface area (Å²) in [5.41, 5.74) is 1.49. The van der Waals surface area contributed by atoms with Gasteiger partial charge in [-0.15, -0.1) is 0 Å². The number of nitrogens with one attached hydrogen (secondary N) is 2. The Bertz CT molecular complexity index is 942.